The summed E-state index contributed by atoms with van der Waals surface area (Å²) in [5.41, 5.74) is 2.22. The third-order valence-corrected chi connectivity index (χ3v) is 2.84. The third kappa shape index (κ3) is 0.930. The van der Waals surface area contributed by atoms with Crippen molar-refractivity contribution in [2.75, 3.05) is 0 Å². The molecule has 4 nitrogen and oxygen atoms in total. The molecule has 0 aliphatic heterocycles. The van der Waals surface area contributed by atoms with Crippen LogP contribution in [0.15, 0.2) is 46.7 Å². The fourth-order valence-corrected chi connectivity index (χ4v) is 2.19. The van der Waals surface area contributed by atoms with Crippen molar-refractivity contribution in [2.45, 2.75) is 0 Å². The van der Waals surface area contributed by atoms with Gasteiger partial charge in [0.05, 0.1) is 0 Å². The molecule has 0 saturated heterocycles. The monoisotopic (exact) mass is 212 g/mol. The van der Waals surface area contributed by atoms with Gasteiger partial charge in [-0.3, -0.25) is 0 Å². The minimum absolute atomic E-state index is 0.314. The van der Waals surface area contributed by atoms with Crippen LogP contribution in [0.2, 0.25) is 0 Å². The molecule has 0 amide bonds. The maximum atomic E-state index is 8.99. The molecule has 1 aliphatic carbocycles. The van der Waals surface area contributed by atoms with Crippen molar-refractivity contribution in [2.24, 2.45) is 10.3 Å². The van der Waals surface area contributed by atoms with E-state index in [0.717, 1.165) is 21.9 Å². The highest BCUT2D eigenvalue weighted by molar-refractivity contribution is 6.60. The van der Waals surface area contributed by atoms with Crippen LogP contribution < -0.4 is 0 Å². The van der Waals surface area contributed by atoms with Gasteiger partial charge in [0.25, 0.3) is 0 Å². The number of hydrogen-bond acceptors (Lipinski definition) is 4. The highest BCUT2D eigenvalue weighted by Gasteiger charge is 2.27. The normalized spacial score (nSPS) is 18.8. The van der Waals surface area contributed by atoms with E-state index < -0.39 is 0 Å². The molecule has 0 bridgehead atoms. The molecule has 3 rings (SSSR count). The van der Waals surface area contributed by atoms with Gasteiger partial charge >= 0.3 is 0 Å². The molecule has 0 saturated carbocycles. The summed E-state index contributed by atoms with van der Waals surface area (Å²) in [6.07, 6.45) is 0. The fourth-order valence-electron chi connectivity index (χ4n) is 2.19. The molecule has 78 valence electrons. The van der Waals surface area contributed by atoms with Crippen LogP contribution in [-0.2, 0) is 0 Å². The van der Waals surface area contributed by atoms with Gasteiger partial charge in [0.15, 0.2) is 0 Å². The van der Waals surface area contributed by atoms with E-state index in [4.69, 9.17) is 10.4 Å². The van der Waals surface area contributed by atoms with Crippen molar-refractivity contribution in [3.8, 4) is 0 Å². The topological polar surface area (TPSA) is 65.2 Å². The van der Waals surface area contributed by atoms with E-state index in [9.17, 15) is 0 Å². The lowest BCUT2D eigenvalue weighted by Gasteiger charge is -1.98. The van der Waals surface area contributed by atoms with Gasteiger partial charge in [-0.15, -0.1) is 0 Å². The Kier molecular flexibility index (Phi) is 1.71. The summed E-state index contributed by atoms with van der Waals surface area (Å²) in [4.78, 5) is 0. The third-order valence-electron chi connectivity index (χ3n) is 2.84. The summed E-state index contributed by atoms with van der Waals surface area (Å²) in [5, 5.41) is 26.4. The summed E-state index contributed by atoms with van der Waals surface area (Å²) in [5.74, 6) is 0. The molecule has 0 fully saturated rings. The first-order valence-electron chi connectivity index (χ1n) is 4.84. The van der Waals surface area contributed by atoms with Crippen molar-refractivity contribution < 1.29 is 10.4 Å². The van der Waals surface area contributed by atoms with Crippen LogP contribution >= 0.6 is 0 Å². The van der Waals surface area contributed by atoms with Crippen LogP contribution in [0, 0.1) is 0 Å². The average molecular weight is 212 g/mol. The SMILES string of the molecule is O/N=C1\C(=N\O)c2cccc3cccc1c23. The highest BCUT2D eigenvalue weighted by Crippen LogP contribution is 2.31. The molecule has 1 aliphatic rings. The largest absolute Gasteiger partial charge is 0.410 e. The number of hydrogen-bond donors (Lipinski definition) is 2. The molecule has 2 aromatic carbocycles. The lowest BCUT2D eigenvalue weighted by atomic mass is 10.1. The van der Waals surface area contributed by atoms with E-state index in [1.807, 2.05) is 36.4 Å². The van der Waals surface area contributed by atoms with E-state index in [2.05, 4.69) is 10.3 Å². The Bertz CT molecular complexity index is 592. The van der Waals surface area contributed by atoms with Gasteiger partial charge in [-0.2, -0.15) is 0 Å². The molecule has 0 heterocycles. The zero-order valence-electron chi connectivity index (χ0n) is 8.25. The van der Waals surface area contributed by atoms with Crippen molar-refractivity contribution in [3.63, 3.8) is 0 Å². The quantitative estimate of drug-likeness (QED) is 0.519. The molecule has 2 aromatic rings. The van der Waals surface area contributed by atoms with Crippen molar-refractivity contribution in [3.05, 3.63) is 47.5 Å². The van der Waals surface area contributed by atoms with Gasteiger partial charge in [0.1, 0.15) is 11.4 Å². The van der Waals surface area contributed by atoms with Crippen molar-refractivity contribution >= 4 is 22.2 Å². The standard InChI is InChI=1S/C12H8N2O2/c15-13-11-8-5-1-3-7-4-2-6-9(10(7)8)12(11)14-16/h1-6,15-16H/b13-11-,14-12+. The molecule has 0 spiro atoms. The number of rotatable bonds is 0. The molecule has 0 atom stereocenters. The maximum absolute atomic E-state index is 8.99. The smallest absolute Gasteiger partial charge is 0.140 e. The van der Waals surface area contributed by atoms with Crippen LogP contribution in [0.25, 0.3) is 10.8 Å². The van der Waals surface area contributed by atoms with Crippen LogP contribution in [0.3, 0.4) is 0 Å². The number of oxime groups is 2. The first-order chi connectivity index (χ1) is 7.86. The Labute approximate surface area is 91.1 Å². The molecule has 0 aromatic heterocycles. The van der Waals surface area contributed by atoms with Gasteiger partial charge in [0, 0.05) is 16.5 Å². The summed E-state index contributed by atoms with van der Waals surface area (Å²) < 4.78 is 0. The second-order valence-corrected chi connectivity index (χ2v) is 3.61. The summed E-state index contributed by atoms with van der Waals surface area (Å²) in [6.45, 7) is 0. The Morgan fingerprint density at radius 2 is 1.25 bits per heavy atom. The first kappa shape index (κ1) is 8.91. The summed E-state index contributed by atoms with van der Waals surface area (Å²) in [7, 11) is 0. The Morgan fingerprint density at radius 1 is 0.750 bits per heavy atom. The molecular formula is C12H8N2O2. The lowest BCUT2D eigenvalue weighted by molar-refractivity contribution is 0.315. The molecular weight excluding hydrogens is 204 g/mol. The second kappa shape index (κ2) is 3.06. The van der Waals surface area contributed by atoms with E-state index in [-0.39, 0.29) is 0 Å². The highest BCUT2D eigenvalue weighted by atomic mass is 16.4. The minimum atomic E-state index is 0.314. The zero-order valence-corrected chi connectivity index (χ0v) is 8.25. The second-order valence-electron chi connectivity index (χ2n) is 3.61. The zero-order chi connectivity index (χ0) is 11.1. The average Bonchev–Trinajstić information content (AvgIpc) is 2.65. The van der Waals surface area contributed by atoms with Gasteiger partial charge in [0.2, 0.25) is 0 Å². The molecule has 0 unspecified atom stereocenters. The lowest BCUT2D eigenvalue weighted by Crippen LogP contribution is -2.10. The van der Waals surface area contributed by atoms with Crippen LogP contribution in [-0.4, -0.2) is 21.8 Å². The van der Waals surface area contributed by atoms with Gasteiger partial charge in [-0.1, -0.05) is 46.7 Å². The van der Waals surface area contributed by atoms with Gasteiger partial charge in [-0.25, -0.2) is 0 Å². The summed E-state index contributed by atoms with van der Waals surface area (Å²) >= 11 is 0. The fraction of sp³-hybridized carbons (Fsp3) is 0. The van der Waals surface area contributed by atoms with Crippen LogP contribution in [0.5, 0.6) is 0 Å². The van der Waals surface area contributed by atoms with Crippen LogP contribution in [0.4, 0.5) is 0 Å². The Morgan fingerprint density at radius 3 is 1.69 bits per heavy atom. The Balaban J connectivity index is 2.53. The molecule has 16 heavy (non-hydrogen) atoms. The van der Waals surface area contributed by atoms with Crippen molar-refractivity contribution in [1.29, 1.82) is 0 Å². The predicted molar refractivity (Wildman–Crippen MR) is 60.6 cm³/mol. The Hall–Kier alpha value is -2.36. The first-order valence-corrected chi connectivity index (χ1v) is 4.84. The predicted octanol–water partition coefficient (Wildman–Crippen LogP) is 2.21. The number of benzene rings is 2. The van der Waals surface area contributed by atoms with Crippen LogP contribution in [0.1, 0.15) is 11.1 Å². The van der Waals surface area contributed by atoms with E-state index in [0.29, 0.717) is 11.4 Å². The van der Waals surface area contributed by atoms with Gasteiger partial charge < -0.3 is 10.4 Å². The van der Waals surface area contributed by atoms with E-state index in [1.165, 1.54) is 0 Å². The number of nitrogens with zero attached hydrogens (tertiary/aromatic N) is 2. The minimum Gasteiger partial charge on any atom is -0.410 e. The van der Waals surface area contributed by atoms with Gasteiger partial charge in [-0.05, 0) is 5.39 Å². The van der Waals surface area contributed by atoms with E-state index in [1.54, 1.807) is 0 Å². The molecule has 2 N–H and O–H groups in total. The molecule has 0 radical (unpaired) electrons. The molecule has 4 heteroatoms. The maximum Gasteiger partial charge on any atom is 0.140 e. The van der Waals surface area contributed by atoms with Crippen molar-refractivity contribution in [1.82, 2.24) is 0 Å². The van der Waals surface area contributed by atoms with E-state index >= 15 is 0 Å². The summed E-state index contributed by atoms with van der Waals surface area (Å²) in [6, 6.07) is 11.4.